The summed E-state index contributed by atoms with van der Waals surface area (Å²) >= 11 is 2.20. The lowest BCUT2D eigenvalue weighted by atomic mass is 10.1. The molecule has 1 aromatic heterocycles. The number of hydrogen-bond acceptors (Lipinski definition) is 1. The van der Waals surface area contributed by atoms with Gasteiger partial charge in [-0.25, -0.2) is 4.39 Å². The molecule has 1 aromatic carbocycles. The number of halogens is 2. The van der Waals surface area contributed by atoms with E-state index in [1.807, 2.05) is 13.0 Å². The Morgan fingerprint density at radius 2 is 2.15 bits per heavy atom. The van der Waals surface area contributed by atoms with Crippen LogP contribution in [-0.4, -0.2) is 4.98 Å². The summed E-state index contributed by atoms with van der Waals surface area (Å²) in [6.07, 6.45) is 1.70. The van der Waals surface area contributed by atoms with Crippen molar-refractivity contribution in [1.82, 2.24) is 4.98 Å². The van der Waals surface area contributed by atoms with Gasteiger partial charge in [-0.1, -0.05) is 12.1 Å². The topological polar surface area (TPSA) is 12.9 Å². The zero-order valence-electron chi connectivity index (χ0n) is 7.01. The Morgan fingerprint density at radius 3 is 2.92 bits per heavy atom. The van der Waals surface area contributed by atoms with Crippen LogP contribution in [0.1, 0.15) is 5.56 Å². The summed E-state index contributed by atoms with van der Waals surface area (Å²) in [5.74, 6) is -0.253. The lowest BCUT2D eigenvalue weighted by molar-refractivity contribution is 0.636. The second-order valence-corrected chi connectivity index (χ2v) is 4.03. The molecule has 0 spiro atoms. The summed E-state index contributed by atoms with van der Waals surface area (Å²) in [4.78, 5) is 4.06. The highest BCUT2D eigenvalue weighted by molar-refractivity contribution is 14.1. The summed E-state index contributed by atoms with van der Waals surface area (Å²) in [6, 6.07) is 5.03. The van der Waals surface area contributed by atoms with E-state index < -0.39 is 0 Å². The highest BCUT2D eigenvalue weighted by Gasteiger charge is 2.05. The Bertz CT molecular complexity index is 468. The standard InChI is InChI=1S/C10H7FIN/c1-6-7-3-2-4-8(11)10(7)13-5-9(6)12/h2-5H,1H3. The predicted octanol–water partition coefficient (Wildman–Crippen LogP) is 3.29. The molecule has 0 fully saturated rings. The van der Waals surface area contributed by atoms with Gasteiger partial charge in [-0.15, -0.1) is 0 Å². The third-order valence-electron chi connectivity index (χ3n) is 2.06. The van der Waals surface area contributed by atoms with Gasteiger partial charge in [0.1, 0.15) is 11.3 Å². The van der Waals surface area contributed by atoms with Crippen molar-refractivity contribution in [3.63, 3.8) is 0 Å². The van der Waals surface area contributed by atoms with Gasteiger partial charge in [-0.2, -0.15) is 0 Å². The fourth-order valence-corrected chi connectivity index (χ4v) is 1.73. The van der Waals surface area contributed by atoms with Crippen molar-refractivity contribution in [3.8, 4) is 0 Å². The highest BCUT2D eigenvalue weighted by Crippen LogP contribution is 2.22. The summed E-state index contributed by atoms with van der Waals surface area (Å²) in [6.45, 7) is 1.98. The van der Waals surface area contributed by atoms with Crippen LogP contribution in [0.4, 0.5) is 4.39 Å². The number of aromatic nitrogens is 1. The lowest BCUT2D eigenvalue weighted by Gasteiger charge is -2.03. The molecule has 66 valence electrons. The SMILES string of the molecule is Cc1c(I)cnc2c(F)cccc12. The second kappa shape index (κ2) is 3.21. The molecule has 1 heterocycles. The molecule has 0 radical (unpaired) electrons. The van der Waals surface area contributed by atoms with Crippen LogP contribution in [0.25, 0.3) is 10.9 Å². The number of aryl methyl sites for hydroxylation is 1. The zero-order valence-corrected chi connectivity index (χ0v) is 9.17. The van der Waals surface area contributed by atoms with Gasteiger partial charge < -0.3 is 0 Å². The maximum Gasteiger partial charge on any atom is 0.149 e. The monoisotopic (exact) mass is 287 g/mol. The van der Waals surface area contributed by atoms with E-state index in [2.05, 4.69) is 27.6 Å². The fraction of sp³-hybridized carbons (Fsp3) is 0.100. The Hall–Kier alpha value is -0.710. The van der Waals surface area contributed by atoms with Gasteiger partial charge in [-0.05, 0) is 41.1 Å². The van der Waals surface area contributed by atoms with E-state index in [9.17, 15) is 4.39 Å². The van der Waals surface area contributed by atoms with Crippen molar-refractivity contribution in [2.45, 2.75) is 6.92 Å². The summed E-state index contributed by atoms with van der Waals surface area (Å²) < 4.78 is 14.3. The van der Waals surface area contributed by atoms with Gasteiger partial charge >= 0.3 is 0 Å². The molecule has 0 amide bonds. The van der Waals surface area contributed by atoms with Crippen LogP contribution in [-0.2, 0) is 0 Å². The van der Waals surface area contributed by atoms with Crippen LogP contribution < -0.4 is 0 Å². The van der Waals surface area contributed by atoms with Crippen molar-refractivity contribution in [3.05, 3.63) is 39.3 Å². The number of hydrogen-bond donors (Lipinski definition) is 0. The van der Waals surface area contributed by atoms with Gasteiger partial charge in [0.15, 0.2) is 0 Å². The zero-order chi connectivity index (χ0) is 9.42. The maximum atomic E-state index is 13.2. The van der Waals surface area contributed by atoms with Gasteiger partial charge in [0.25, 0.3) is 0 Å². The number of pyridine rings is 1. The van der Waals surface area contributed by atoms with Gasteiger partial charge in [0.2, 0.25) is 0 Å². The lowest BCUT2D eigenvalue weighted by Crippen LogP contribution is -1.89. The minimum absolute atomic E-state index is 0.253. The van der Waals surface area contributed by atoms with Gasteiger partial charge in [0.05, 0.1) is 0 Å². The molecule has 0 N–H and O–H groups in total. The number of benzene rings is 1. The third kappa shape index (κ3) is 1.41. The van der Waals surface area contributed by atoms with Crippen LogP contribution in [0.3, 0.4) is 0 Å². The Balaban J connectivity index is 2.94. The number of para-hydroxylation sites is 1. The fourth-order valence-electron chi connectivity index (χ4n) is 1.30. The molecule has 0 saturated carbocycles. The van der Waals surface area contributed by atoms with E-state index in [0.29, 0.717) is 5.52 Å². The van der Waals surface area contributed by atoms with Crippen LogP contribution in [0.2, 0.25) is 0 Å². The van der Waals surface area contributed by atoms with Crippen LogP contribution in [0, 0.1) is 16.3 Å². The van der Waals surface area contributed by atoms with E-state index in [1.165, 1.54) is 6.07 Å². The predicted molar refractivity (Wildman–Crippen MR) is 59.2 cm³/mol. The summed E-state index contributed by atoms with van der Waals surface area (Å²) in [7, 11) is 0. The Kier molecular flexibility index (Phi) is 2.19. The van der Waals surface area contributed by atoms with Crippen LogP contribution in [0.5, 0.6) is 0 Å². The molecular formula is C10H7FIN. The normalized spacial score (nSPS) is 10.7. The Labute approximate surface area is 89.1 Å². The van der Waals surface area contributed by atoms with E-state index in [1.54, 1.807) is 12.3 Å². The molecule has 13 heavy (non-hydrogen) atoms. The van der Waals surface area contributed by atoms with Crippen LogP contribution in [0.15, 0.2) is 24.4 Å². The first-order chi connectivity index (χ1) is 6.20. The quantitative estimate of drug-likeness (QED) is 0.678. The van der Waals surface area contributed by atoms with Crippen molar-refractivity contribution in [1.29, 1.82) is 0 Å². The molecule has 0 atom stereocenters. The van der Waals surface area contributed by atoms with E-state index >= 15 is 0 Å². The van der Waals surface area contributed by atoms with Crippen molar-refractivity contribution in [2.24, 2.45) is 0 Å². The average Bonchev–Trinajstić information content (AvgIpc) is 2.12. The second-order valence-electron chi connectivity index (χ2n) is 2.87. The van der Waals surface area contributed by atoms with Crippen molar-refractivity contribution >= 4 is 33.5 Å². The molecule has 0 saturated heterocycles. The van der Waals surface area contributed by atoms with E-state index in [0.717, 1.165) is 14.5 Å². The first-order valence-electron chi connectivity index (χ1n) is 3.89. The number of fused-ring (bicyclic) bond motifs is 1. The average molecular weight is 287 g/mol. The molecule has 3 heteroatoms. The van der Waals surface area contributed by atoms with E-state index in [4.69, 9.17) is 0 Å². The molecule has 2 rings (SSSR count). The van der Waals surface area contributed by atoms with Gasteiger partial charge in [-0.3, -0.25) is 4.98 Å². The molecule has 0 bridgehead atoms. The van der Waals surface area contributed by atoms with Crippen molar-refractivity contribution in [2.75, 3.05) is 0 Å². The number of rotatable bonds is 0. The maximum absolute atomic E-state index is 13.2. The molecular weight excluding hydrogens is 280 g/mol. The first-order valence-corrected chi connectivity index (χ1v) is 4.97. The molecule has 0 aliphatic carbocycles. The molecule has 0 aliphatic rings. The molecule has 0 aliphatic heterocycles. The number of nitrogens with zero attached hydrogens (tertiary/aromatic N) is 1. The molecule has 2 aromatic rings. The minimum atomic E-state index is -0.253. The summed E-state index contributed by atoms with van der Waals surface area (Å²) in [5.41, 5.74) is 1.55. The molecule has 0 unspecified atom stereocenters. The minimum Gasteiger partial charge on any atom is -0.252 e. The largest absolute Gasteiger partial charge is 0.252 e. The molecule has 1 nitrogen and oxygen atoms in total. The van der Waals surface area contributed by atoms with Crippen LogP contribution >= 0.6 is 22.6 Å². The smallest absolute Gasteiger partial charge is 0.149 e. The van der Waals surface area contributed by atoms with Gasteiger partial charge in [0, 0.05) is 15.2 Å². The Morgan fingerprint density at radius 1 is 1.38 bits per heavy atom. The first kappa shape index (κ1) is 8.87. The summed E-state index contributed by atoms with van der Waals surface area (Å²) in [5, 5.41) is 0.895. The third-order valence-corrected chi connectivity index (χ3v) is 3.14. The highest BCUT2D eigenvalue weighted by atomic mass is 127. The van der Waals surface area contributed by atoms with Crippen molar-refractivity contribution < 1.29 is 4.39 Å². The van der Waals surface area contributed by atoms with E-state index in [-0.39, 0.29) is 5.82 Å².